The zero-order valence-electron chi connectivity index (χ0n) is 44.8. The molecule has 2 aliphatic rings. The van der Waals surface area contributed by atoms with Gasteiger partial charge in [0.25, 0.3) is 6.71 Å². The number of aryl methyl sites for hydroxylation is 1. The van der Waals surface area contributed by atoms with Gasteiger partial charge in [0.2, 0.25) is 0 Å². The summed E-state index contributed by atoms with van der Waals surface area (Å²) in [6, 6.07) is 81.9. The van der Waals surface area contributed by atoms with Gasteiger partial charge in [0.15, 0.2) is 0 Å². The van der Waals surface area contributed by atoms with Crippen LogP contribution in [0.2, 0.25) is 0 Å². The molecule has 0 N–H and O–H groups in total. The summed E-state index contributed by atoms with van der Waals surface area (Å²) in [5.74, 6) is 0. The summed E-state index contributed by atoms with van der Waals surface area (Å²) < 4.78 is 7.01. The average Bonchev–Trinajstić information content (AvgIpc) is 3.96. The summed E-state index contributed by atoms with van der Waals surface area (Å²) in [7, 11) is 0. The number of para-hydroxylation sites is 1. The highest BCUT2D eigenvalue weighted by Crippen LogP contribution is 2.53. The minimum atomic E-state index is -0.207. The zero-order valence-corrected chi connectivity index (χ0v) is 44.8. The van der Waals surface area contributed by atoms with Crippen LogP contribution in [0.15, 0.2) is 223 Å². The lowest BCUT2D eigenvalue weighted by atomic mass is 9.33. The molecule has 0 atom stereocenters. The smallest absolute Gasteiger partial charge is 0.252 e. The Kier molecular flexibility index (Phi) is 11.5. The molecule has 10 aromatic carbocycles. The van der Waals surface area contributed by atoms with Crippen LogP contribution in [0.3, 0.4) is 0 Å². The quantitative estimate of drug-likeness (QED) is 0.134. The normalized spacial score (nSPS) is 13.0. The Morgan fingerprint density at radius 2 is 0.868 bits per heavy atom. The largest absolute Gasteiger partial charge is 0.456 e. The van der Waals surface area contributed by atoms with E-state index in [0.29, 0.717) is 0 Å². The van der Waals surface area contributed by atoms with Crippen molar-refractivity contribution < 1.29 is 4.42 Å². The number of rotatable bonds is 9. The van der Waals surface area contributed by atoms with E-state index < -0.39 is 0 Å². The third kappa shape index (κ3) is 7.97. The fourth-order valence-corrected chi connectivity index (χ4v) is 12.2. The summed E-state index contributed by atoms with van der Waals surface area (Å²) in [5, 5.41) is 2.32. The Balaban J connectivity index is 1.21. The summed E-state index contributed by atoms with van der Waals surface area (Å²) in [6.45, 7) is 16.3. The van der Waals surface area contributed by atoms with E-state index in [1.54, 1.807) is 0 Å². The van der Waals surface area contributed by atoms with Crippen LogP contribution in [0.4, 0.5) is 34.1 Å². The second kappa shape index (κ2) is 18.5. The Labute approximate surface area is 449 Å². The predicted molar refractivity (Wildman–Crippen MR) is 325 cm³/mol. The summed E-state index contributed by atoms with van der Waals surface area (Å²) >= 11 is 0. The average molecular weight is 983 g/mol. The molecule has 4 heteroatoms. The minimum Gasteiger partial charge on any atom is -0.456 e. The summed E-state index contributed by atoms with van der Waals surface area (Å²) in [5.41, 5.74) is 26.0. The molecule has 1 aromatic heterocycles. The summed E-state index contributed by atoms with van der Waals surface area (Å²) in [6.07, 6.45) is 3.00. The molecule has 0 saturated heterocycles. The van der Waals surface area contributed by atoms with Crippen LogP contribution in [0.5, 0.6) is 0 Å². The number of unbranched alkanes of at least 4 members (excludes halogenated alkanes) is 1. The van der Waals surface area contributed by atoms with E-state index in [-0.39, 0.29) is 17.5 Å². The highest BCUT2D eigenvalue weighted by atomic mass is 16.3. The van der Waals surface area contributed by atoms with Crippen LogP contribution < -0.4 is 26.2 Å². The van der Waals surface area contributed by atoms with Crippen LogP contribution >= 0.6 is 0 Å². The van der Waals surface area contributed by atoms with Crippen molar-refractivity contribution >= 4 is 79.2 Å². The van der Waals surface area contributed by atoms with Crippen molar-refractivity contribution in [3.05, 3.63) is 235 Å². The monoisotopic (exact) mass is 983 g/mol. The molecule has 370 valence electrons. The minimum absolute atomic E-state index is 0.118. The molecule has 76 heavy (non-hydrogen) atoms. The van der Waals surface area contributed by atoms with Gasteiger partial charge in [0.05, 0.1) is 11.4 Å². The third-order valence-electron chi connectivity index (χ3n) is 16.2. The Morgan fingerprint density at radius 1 is 0.408 bits per heavy atom. The molecular formula is C72H63BN2O. The van der Waals surface area contributed by atoms with Crippen molar-refractivity contribution in [1.82, 2.24) is 0 Å². The van der Waals surface area contributed by atoms with Crippen LogP contribution in [-0.2, 0) is 17.3 Å². The Bertz CT molecular complexity index is 3930. The molecule has 11 aromatic rings. The predicted octanol–water partition coefficient (Wildman–Crippen LogP) is 18.3. The van der Waals surface area contributed by atoms with Crippen molar-refractivity contribution in [3.8, 4) is 44.5 Å². The van der Waals surface area contributed by atoms with Gasteiger partial charge in [0.1, 0.15) is 11.2 Å². The van der Waals surface area contributed by atoms with Crippen molar-refractivity contribution in [2.45, 2.75) is 78.6 Å². The van der Waals surface area contributed by atoms with E-state index >= 15 is 0 Å². The number of nitrogens with zero attached hydrogens (tertiary/aromatic N) is 2. The van der Waals surface area contributed by atoms with Gasteiger partial charge in [-0.1, -0.05) is 219 Å². The number of benzene rings is 10. The molecule has 13 rings (SSSR count). The first-order valence-corrected chi connectivity index (χ1v) is 27.3. The highest BCUT2D eigenvalue weighted by molar-refractivity contribution is 7.00. The number of fused-ring (bicyclic) bond motifs is 7. The first-order chi connectivity index (χ1) is 36.9. The maximum absolute atomic E-state index is 7.01. The fraction of sp³-hybridized carbons (Fsp3) is 0.167. The number of hydrogen-bond acceptors (Lipinski definition) is 3. The molecule has 0 amide bonds. The van der Waals surface area contributed by atoms with Crippen LogP contribution in [0.1, 0.15) is 78.0 Å². The molecule has 2 aliphatic heterocycles. The molecule has 0 unspecified atom stereocenters. The zero-order chi connectivity index (χ0) is 51.9. The molecule has 0 bridgehead atoms. The number of anilines is 6. The molecule has 0 saturated carbocycles. The van der Waals surface area contributed by atoms with E-state index in [1.165, 1.54) is 117 Å². The van der Waals surface area contributed by atoms with Crippen LogP contribution in [0.25, 0.3) is 66.4 Å². The molecular weight excluding hydrogens is 920 g/mol. The fourth-order valence-electron chi connectivity index (χ4n) is 12.2. The standard InChI is InChI=1S/C72H63BN2O/c1-8-9-32-57-62(40-37-56-55-33-22-23-34-67(55)76-70(56)57)74-63-38-35-51(47-24-14-10-15-25-47)41-60(63)73-61-42-52(48-26-16-11-17-27-48)36-39-64(61)75(66-46-54(72(5,6)7)45-65(74)68(66)73)69-58(49-28-18-12-19-29-49)43-53(71(2,3)4)44-59(69)50-30-20-13-21-31-50/h10-31,33-46H,8-9,32H2,1-7H3. The second-order valence-electron chi connectivity index (χ2n) is 23.1. The third-order valence-corrected chi connectivity index (χ3v) is 16.2. The van der Waals surface area contributed by atoms with Crippen molar-refractivity contribution in [2.24, 2.45) is 0 Å². The Hall–Kier alpha value is -8.34. The van der Waals surface area contributed by atoms with Gasteiger partial charge in [-0.3, -0.25) is 0 Å². The van der Waals surface area contributed by atoms with E-state index in [0.717, 1.165) is 35.8 Å². The van der Waals surface area contributed by atoms with Crippen LogP contribution in [-0.4, -0.2) is 6.71 Å². The van der Waals surface area contributed by atoms with Gasteiger partial charge >= 0.3 is 0 Å². The van der Waals surface area contributed by atoms with E-state index in [2.05, 4.69) is 277 Å². The van der Waals surface area contributed by atoms with Gasteiger partial charge in [-0.15, -0.1) is 0 Å². The molecule has 3 nitrogen and oxygen atoms in total. The van der Waals surface area contributed by atoms with Gasteiger partial charge in [-0.25, -0.2) is 0 Å². The first kappa shape index (κ1) is 47.4. The lowest BCUT2D eigenvalue weighted by molar-refractivity contribution is 0.590. The van der Waals surface area contributed by atoms with Gasteiger partial charge in [0, 0.05) is 50.2 Å². The van der Waals surface area contributed by atoms with E-state index in [4.69, 9.17) is 4.42 Å². The number of hydrogen-bond donors (Lipinski definition) is 0. The SMILES string of the molecule is CCCCc1c(N2c3ccc(-c4ccccc4)cc3B3c4cc(-c5ccccc5)ccc4N(c4c(-c5ccccc5)cc(C(C)(C)C)cc4-c4ccccc4)c4cc(C(C)(C)C)cc2c43)ccc2c1oc1ccccc12. The van der Waals surface area contributed by atoms with Gasteiger partial charge < -0.3 is 14.2 Å². The molecule has 3 heterocycles. The maximum atomic E-state index is 7.01. The lowest BCUT2D eigenvalue weighted by Crippen LogP contribution is -2.61. The first-order valence-electron chi connectivity index (χ1n) is 27.3. The van der Waals surface area contributed by atoms with Crippen molar-refractivity contribution in [3.63, 3.8) is 0 Å². The van der Waals surface area contributed by atoms with Gasteiger partial charge in [-0.2, -0.15) is 0 Å². The topological polar surface area (TPSA) is 19.6 Å². The molecule has 0 aliphatic carbocycles. The van der Waals surface area contributed by atoms with Crippen molar-refractivity contribution in [2.75, 3.05) is 9.80 Å². The lowest BCUT2D eigenvalue weighted by Gasteiger charge is -2.46. The van der Waals surface area contributed by atoms with E-state index in [1.807, 2.05) is 0 Å². The molecule has 0 fully saturated rings. The second-order valence-corrected chi connectivity index (χ2v) is 23.1. The van der Waals surface area contributed by atoms with Gasteiger partial charge in [-0.05, 0) is 139 Å². The molecule has 0 spiro atoms. The molecule has 0 radical (unpaired) electrons. The van der Waals surface area contributed by atoms with Crippen LogP contribution in [0, 0.1) is 0 Å². The van der Waals surface area contributed by atoms with Crippen molar-refractivity contribution in [1.29, 1.82) is 0 Å². The number of furan rings is 1. The van der Waals surface area contributed by atoms with E-state index in [9.17, 15) is 0 Å². The summed E-state index contributed by atoms with van der Waals surface area (Å²) in [4.78, 5) is 5.31. The highest BCUT2D eigenvalue weighted by Gasteiger charge is 2.46. The maximum Gasteiger partial charge on any atom is 0.252 e. The Morgan fingerprint density at radius 3 is 1.39 bits per heavy atom.